The number of alkyl carbamates (subject to hydrolysis) is 1. The van der Waals surface area contributed by atoms with Gasteiger partial charge in [-0.15, -0.1) is 0 Å². The summed E-state index contributed by atoms with van der Waals surface area (Å²) in [7, 11) is 0. The average molecular weight is 295 g/mol. The summed E-state index contributed by atoms with van der Waals surface area (Å²) < 4.78 is 5.37. The van der Waals surface area contributed by atoms with E-state index in [9.17, 15) is 9.90 Å². The van der Waals surface area contributed by atoms with Gasteiger partial charge in [0.15, 0.2) is 0 Å². The summed E-state index contributed by atoms with van der Waals surface area (Å²) >= 11 is 0. The van der Waals surface area contributed by atoms with Gasteiger partial charge in [0.25, 0.3) is 0 Å². The van der Waals surface area contributed by atoms with Gasteiger partial charge >= 0.3 is 6.09 Å². The van der Waals surface area contributed by atoms with Crippen LogP contribution in [-0.4, -0.2) is 29.4 Å². The Morgan fingerprint density at radius 3 is 2.05 bits per heavy atom. The number of aliphatic hydroxyl groups is 1. The Balaban J connectivity index is 1.70. The zero-order valence-electron chi connectivity index (χ0n) is 13.5. The SMILES string of the molecule is CC(C)(C)OC(=O)NC(CO)C12CC3CC(CC(C3)C1)C2. The molecule has 1 atom stereocenters. The van der Waals surface area contributed by atoms with Crippen LogP contribution < -0.4 is 5.32 Å². The maximum absolute atomic E-state index is 12.1. The lowest BCUT2D eigenvalue weighted by molar-refractivity contribution is -0.0829. The summed E-state index contributed by atoms with van der Waals surface area (Å²) in [4.78, 5) is 12.1. The number of hydrogen-bond acceptors (Lipinski definition) is 3. The Labute approximate surface area is 127 Å². The van der Waals surface area contributed by atoms with E-state index >= 15 is 0 Å². The fraction of sp³-hybridized carbons (Fsp3) is 0.941. The Bertz CT molecular complexity index is 377. The Kier molecular flexibility index (Phi) is 3.71. The minimum absolute atomic E-state index is 0.0192. The van der Waals surface area contributed by atoms with Crippen molar-refractivity contribution in [2.24, 2.45) is 23.2 Å². The summed E-state index contributed by atoms with van der Waals surface area (Å²) in [6.45, 7) is 5.62. The van der Waals surface area contributed by atoms with Crippen LogP contribution in [0.1, 0.15) is 59.3 Å². The van der Waals surface area contributed by atoms with Crippen molar-refractivity contribution in [2.75, 3.05) is 6.61 Å². The van der Waals surface area contributed by atoms with Gasteiger partial charge < -0.3 is 15.2 Å². The standard InChI is InChI=1S/C17H29NO3/c1-16(2,3)21-15(20)18-14(10-19)17-7-11-4-12(8-17)6-13(5-11)9-17/h11-14,19H,4-10H2,1-3H3,(H,18,20). The first kappa shape index (κ1) is 15.1. The van der Waals surface area contributed by atoms with Crippen molar-refractivity contribution in [2.45, 2.75) is 70.9 Å². The first-order valence-corrected chi connectivity index (χ1v) is 8.40. The minimum Gasteiger partial charge on any atom is -0.444 e. The summed E-state index contributed by atoms with van der Waals surface area (Å²) in [5.74, 6) is 2.43. The Morgan fingerprint density at radius 2 is 1.67 bits per heavy atom. The summed E-state index contributed by atoms with van der Waals surface area (Å²) in [5, 5.41) is 12.8. The number of carbonyl (C=O) groups is 1. The van der Waals surface area contributed by atoms with Gasteiger partial charge in [-0.3, -0.25) is 0 Å². The molecule has 4 rings (SSSR count). The zero-order chi connectivity index (χ0) is 15.3. The van der Waals surface area contributed by atoms with E-state index in [0.717, 1.165) is 17.8 Å². The molecule has 120 valence electrons. The zero-order valence-corrected chi connectivity index (χ0v) is 13.5. The van der Waals surface area contributed by atoms with Crippen molar-refractivity contribution in [3.05, 3.63) is 0 Å². The van der Waals surface area contributed by atoms with Crippen LogP contribution >= 0.6 is 0 Å². The molecule has 4 aliphatic rings. The fourth-order valence-electron chi connectivity index (χ4n) is 5.45. The molecule has 0 saturated heterocycles. The van der Waals surface area contributed by atoms with Crippen molar-refractivity contribution in [1.82, 2.24) is 5.32 Å². The van der Waals surface area contributed by atoms with Gasteiger partial charge in [-0.05, 0) is 82.5 Å². The van der Waals surface area contributed by atoms with Gasteiger partial charge in [0.05, 0.1) is 12.6 Å². The van der Waals surface area contributed by atoms with E-state index < -0.39 is 11.7 Å². The summed E-state index contributed by atoms with van der Waals surface area (Å²) in [6.07, 6.45) is 7.20. The minimum atomic E-state index is -0.494. The van der Waals surface area contributed by atoms with E-state index in [1.807, 2.05) is 20.8 Å². The van der Waals surface area contributed by atoms with Gasteiger partial charge in [-0.2, -0.15) is 0 Å². The second-order valence-corrected chi connectivity index (χ2v) is 8.66. The van der Waals surface area contributed by atoms with Crippen molar-refractivity contribution in [3.63, 3.8) is 0 Å². The molecular weight excluding hydrogens is 266 g/mol. The highest BCUT2D eigenvalue weighted by Crippen LogP contribution is 2.61. The highest BCUT2D eigenvalue weighted by Gasteiger charge is 2.54. The molecule has 21 heavy (non-hydrogen) atoms. The molecule has 0 spiro atoms. The first-order valence-electron chi connectivity index (χ1n) is 8.40. The van der Waals surface area contributed by atoms with Crippen LogP contribution in [0.4, 0.5) is 4.79 Å². The van der Waals surface area contributed by atoms with E-state index in [-0.39, 0.29) is 18.1 Å². The van der Waals surface area contributed by atoms with E-state index in [2.05, 4.69) is 5.32 Å². The molecule has 4 nitrogen and oxygen atoms in total. The maximum Gasteiger partial charge on any atom is 0.407 e. The molecular formula is C17H29NO3. The predicted molar refractivity (Wildman–Crippen MR) is 80.8 cm³/mol. The molecule has 2 N–H and O–H groups in total. The molecule has 0 aromatic carbocycles. The molecule has 0 heterocycles. The predicted octanol–water partition coefficient (Wildman–Crippen LogP) is 3.09. The summed E-state index contributed by atoms with van der Waals surface area (Å²) in [6, 6.07) is -0.152. The normalized spacial score (nSPS) is 39.1. The smallest absolute Gasteiger partial charge is 0.407 e. The van der Waals surface area contributed by atoms with Gasteiger partial charge in [0.1, 0.15) is 5.60 Å². The lowest BCUT2D eigenvalue weighted by atomic mass is 9.48. The van der Waals surface area contributed by atoms with Crippen LogP contribution in [0.2, 0.25) is 0 Å². The summed E-state index contributed by atoms with van der Waals surface area (Å²) in [5.41, 5.74) is -0.383. The average Bonchev–Trinajstić information content (AvgIpc) is 2.31. The van der Waals surface area contributed by atoms with E-state index in [1.54, 1.807) is 0 Å². The largest absolute Gasteiger partial charge is 0.444 e. The molecule has 0 aromatic heterocycles. The molecule has 4 aliphatic carbocycles. The van der Waals surface area contributed by atoms with Gasteiger partial charge in [-0.1, -0.05) is 0 Å². The third-order valence-electron chi connectivity index (χ3n) is 5.70. The third kappa shape index (κ3) is 3.05. The molecule has 1 amide bonds. The topological polar surface area (TPSA) is 58.6 Å². The number of amides is 1. The number of carbonyl (C=O) groups excluding carboxylic acids is 1. The van der Waals surface area contributed by atoms with Crippen LogP contribution in [0.25, 0.3) is 0 Å². The van der Waals surface area contributed by atoms with Gasteiger partial charge in [0.2, 0.25) is 0 Å². The number of aliphatic hydroxyl groups excluding tert-OH is 1. The molecule has 4 fully saturated rings. The molecule has 4 bridgehead atoms. The molecule has 4 heteroatoms. The molecule has 0 radical (unpaired) electrons. The van der Waals surface area contributed by atoms with Crippen LogP contribution in [0.5, 0.6) is 0 Å². The van der Waals surface area contributed by atoms with Crippen LogP contribution in [0, 0.1) is 23.2 Å². The van der Waals surface area contributed by atoms with E-state index in [1.165, 1.54) is 38.5 Å². The maximum atomic E-state index is 12.1. The Morgan fingerprint density at radius 1 is 1.19 bits per heavy atom. The quantitative estimate of drug-likeness (QED) is 0.841. The lowest BCUT2D eigenvalue weighted by Gasteiger charge is -2.59. The number of ether oxygens (including phenoxy) is 1. The van der Waals surface area contributed by atoms with Crippen molar-refractivity contribution in [3.8, 4) is 0 Å². The number of nitrogens with one attached hydrogen (secondary N) is 1. The van der Waals surface area contributed by atoms with Gasteiger partial charge in [0, 0.05) is 0 Å². The lowest BCUT2D eigenvalue weighted by Crippen LogP contribution is -2.58. The molecule has 4 saturated carbocycles. The van der Waals surface area contributed by atoms with Gasteiger partial charge in [-0.25, -0.2) is 4.79 Å². The monoisotopic (exact) mass is 295 g/mol. The van der Waals surface area contributed by atoms with E-state index in [0.29, 0.717) is 0 Å². The van der Waals surface area contributed by atoms with Crippen LogP contribution in [0.15, 0.2) is 0 Å². The Hall–Kier alpha value is -0.770. The number of rotatable bonds is 3. The van der Waals surface area contributed by atoms with Crippen molar-refractivity contribution < 1.29 is 14.6 Å². The second-order valence-electron chi connectivity index (χ2n) is 8.66. The second kappa shape index (κ2) is 5.15. The number of hydrogen-bond donors (Lipinski definition) is 2. The highest BCUT2D eigenvalue weighted by atomic mass is 16.6. The molecule has 0 aliphatic heterocycles. The van der Waals surface area contributed by atoms with E-state index in [4.69, 9.17) is 4.74 Å². The molecule has 1 unspecified atom stereocenters. The van der Waals surface area contributed by atoms with Crippen molar-refractivity contribution >= 4 is 6.09 Å². The first-order chi connectivity index (χ1) is 9.79. The fourth-order valence-corrected chi connectivity index (χ4v) is 5.45. The van der Waals surface area contributed by atoms with Crippen molar-refractivity contribution in [1.29, 1.82) is 0 Å². The van der Waals surface area contributed by atoms with Crippen LogP contribution in [-0.2, 0) is 4.74 Å². The molecule has 0 aromatic rings. The highest BCUT2D eigenvalue weighted by molar-refractivity contribution is 5.68. The van der Waals surface area contributed by atoms with Crippen LogP contribution in [0.3, 0.4) is 0 Å². The third-order valence-corrected chi connectivity index (χ3v) is 5.70.